The second-order valence-electron chi connectivity index (χ2n) is 5.89. The van der Waals surface area contributed by atoms with Crippen LogP contribution in [0.15, 0.2) is 30.9 Å². The van der Waals surface area contributed by atoms with Gasteiger partial charge in [0.2, 0.25) is 0 Å². The summed E-state index contributed by atoms with van der Waals surface area (Å²) in [4.78, 5) is 33.6. The molecule has 3 rings (SSSR count). The predicted octanol–water partition coefficient (Wildman–Crippen LogP) is 1.31. The molecular formula is C16H20N6O. The van der Waals surface area contributed by atoms with Gasteiger partial charge in [-0.05, 0) is 33.0 Å². The van der Waals surface area contributed by atoms with E-state index in [1.807, 2.05) is 20.2 Å². The molecule has 120 valence electrons. The van der Waals surface area contributed by atoms with E-state index in [-0.39, 0.29) is 11.9 Å². The zero-order valence-electron chi connectivity index (χ0n) is 13.4. The number of carbonyl (C=O) groups is 1. The molecule has 1 saturated heterocycles. The minimum absolute atomic E-state index is 0.0911. The summed E-state index contributed by atoms with van der Waals surface area (Å²) in [6.45, 7) is 1.45. The molecule has 3 heterocycles. The average Bonchev–Trinajstić information content (AvgIpc) is 3.04. The van der Waals surface area contributed by atoms with E-state index in [4.69, 9.17) is 0 Å². The number of nitrogens with zero attached hydrogens (tertiary/aromatic N) is 6. The third-order valence-electron chi connectivity index (χ3n) is 3.80. The van der Waals surface area contributed by atoms with Gasteiger partial charge in [0.05, 0.1) is 17.9 Å². The Morgan fingerprint density at radius 1 is 1.30 bits per heavy atom. The summed E-state index contributed by atoms with van der Waals surface area (Å²) in [5, 5.41) is 0. The van der Waals surface area contributed by atoms with E-state index in [0.717, 1.165) is 25.1 Å². The maximum atomic E-state index is 12.7. The van der Waals surface area contributed by atoms with E-state index in [9.17, 15) is 4.79 Å². The normalized spacial score (nSPS) is 17.7. The SMILES string of the molecule is CN(C)Cc1ccnc(C2CCCN2C(=O)c2cnccn2)n1. The van der Waals surface area contributed by atoms with Crippen LogP contribution in [0.3, 0.4) is 0 Å². The Bertz CT molecular complexity index is 675. The fraction of sp³-hybridized carbons (Fsp3) is 0.438. The van der Waals surface area contributed by atoms with E-state index in [1.165, 1.54) is 12.4 Å². The van der Waals surface area contributed by atoms with Crippen LogP contribution in [0.4, 0.5) is 0 Å². The Morgan fingerprint density at radius 2 is 2.17 bits per heavy atom. The first kappa shape index (κ1) is 15.5. The number of carbonyl (C=O) groups excluding carboxylic acids is 1. The molecule has 0 saturated carbocycles. The Labute approximate surface area is 135 Å². The van der Waals surface area contributed by atoms with Crippen LogP contribution in [0.1, 0.15) is 40.9 Å². The Kier molecular flexibility index (Phi) is 4.57. The molecule has 1 atom stereocenters. The summed E-state index contributed by atoms with van der Waals surface area (Å²) in [5.74, 6) is 0.598. The van der Waals surface area contributed by atoms with Crippen LogP contribution in [0.2, 0.25) is 0 Å². The van der Waals surface area contributed by atoms with Gasteiger partial charge in [-0.15, -0.1) is 0 Å². The van der Waals surface area contributed by atoms with Crippen LogP contribution in [-0.4, -0.2) is 56.3 Å². The second-order valence-corrected chi connectivity index (χ2v) is 5.89. The highest BCUT2D eigenvalue weighted by Gasteiger charge is 2.33. The van der Waals surface area contributed by atoms with Gasteiger partial charge in [-0.1, -0.05) is 0 Å². The first-order valence-corrected chi connectivity index (χ1v) is 7.68. The maximum absolute atomic E-state index is 12.7. The van der Waals surface area contributed by atoms with Gasteiger partial charge in [0.1, 0.15) is 5.69 Å². The van der Waals surface area contributed by atoms with Crippen molar-refractivity contribution in [2.24, 2.45) is 0 Å². The van der Waals surface area contributed by atoms with E-state index in [0.29, 0.717) is 18.1 Å². The topological polar surface area (TPSA) is 75.1 Å². The zero-order chi connectivity index (χ0) is 16.2. The summed E-state index contributed by atoms with van der Waals surface area (Å²) < 4.78 is 0. The molecule has 0 aromatic carbocycles. The van der Waals surface area contributed by atoms with Gasteiger partial charge in [0.15, 0.2) is 5.82 Å². The van der Waals surface area contributed by atoms with Crippen LogP contribution in [0.5, 0.6) is 0 Å². The molecule has 1 aliphatic heterocycles. The summed E-state index contributed by atoms with van der Waals surface area (Å²) in [6, 6.07) is 1.82. The van der Waals surface area contributed by atoms with Gasteiger partial charge >= 0.3 is 0 Å². The van der Waals surface area contributed by atoms with E-state index in [2.05, 4.69) is 24.8 Å². The van der Waals surface area contributed by atoms with Crippen molar-refractivity contribution in [2.75, 3.05) is 20.6 Å². The number of likely N-dealkylation sites (tertiary alicyclic amines) is 1. The highest BCUT2D eigenvalue weighted by atomic mass is 16.2. The van der Waals surface area contributed by atoms with Crippen molar-refractivity contribution in [3.8, 4) is 0 Å². The largest absolute Gasteiger partial charge is 0.327 e. The lowest BCUT2D eigenvalue weighted by Gasteiger charge is -2.23. The van der Waals surface area contributed by atoms with Crippen molar-refractivity contribution in [2.45, 2.75) is 25.4 Å². The van der Waals surface area contributed by atoms with Gasteiger partial charge in [-0.3, -0.25) is 9.78 Å². The van der Waals surface area contributed by atoms with Crippen molar-refractivity contribution in [1.82, 2.24) is 29.7 Å². The summed E-state index contributed by atoms with van der Waals surface area (Å²) >= 11 is 0. The molecule has 0 aliphatic carbocycles. The number of hydrogen-bond donors (Lipinski definition) is 0. The van der Waals surface area contributed by atoms with Gasteiger partial charge in [0, 0.05) is 31.7 Å². The highest BCUT2D eigenvalue weighted by Crippen LogP contribution is 2.30. The van der Waals surface area contributed by atoms with E-state index < -0.39 is 0 Å². The first-order chi connectivity index (χ1) is 11.1. The number of amides is 1. The fourth-order valence-corrected chi connectivity index (χ4v) is 2.82. The monoisotopic (exact) mass is 312 g/mol. The summed E-state index contributed by atoms with van der Waals surface area (Å²) in [6.07, 6.45) is 8.18. The third-order valence-corrected chi connectivity index (χ3v) is 3.80. The van der Waals surface area contributed by atoms with Gasteiger partial charge in [-0.2, -0.15) is 0 Å². The van der Waals surface area contributed by atoms with Crippen LogP contribution in [0, 0.1) is 0 Å². The standard InChI is InChI=1S/C16H20N6O/c1-21(2)11-12-5-6-19-15(20-12)14-4-3-9-22(14)16(23)13-10-17-7-8-18-13/h5-8,10,14H,3-4,9,11H2,1-2H3. The molecule has 0 bridgehead atoms. The predicted molar refractivity (Wildman–Crippen MR) is 84.5 cm³/mol. The number of aromatic nitrogens is 4. The minimum Gasteiger partial charge on any atom is -0.327 e. The molecule has 2 aromatic rings. The van der Waals surface area contributed by atoms with Crippen LogP contribution >= 0.6 is 0 Å². The molecule has 1 amide bonds. The lowest BCUT2D eigenvalue weighted by Crippen LogP contribution is -2.32. The van der Waals surface area contributed by atoms with Gasteiger partial charge < -0.3 is 9.80 Å². The van der Waals surface area contributed by atoms with Crippen LogP contribution < -0.4 is 0 Å². The molecule has 1 aliphatic rings. The molecule has 7 heteroatoms. The maximum Gasteiger partial charge on any atom is 0.274 e. The third kappa shape index (κ3) is 3.50. The minimum atomic E-state index is -0.109. The van der Waals surface area contributed by atoms with E-state index >= 15 is 0 Å². The Morgan fingerprint density at radius 3 is 2.91 bits per heavy atom. The van der Waals surface area contributed by atoms with Crippen molar-refractivity contribution in [1.29, 1.82) is 0 Å². The summed E-state index contributed by atoms with van der Waals surface area (Å²) in [7, 11) is 4.00. The smallest absolute Gasteiger partial charge is 0.274 e. The van der Waals surface area contributed by atoms with Crippen molar-refractivity contribution < 1.29 is 4.79 Å². The van der Waals surface area contributed by atoms with Crippen molar-refractivity contribution in [3.05, 3.63) is 48.1 Å². The zero-order valence-corrected chi connectivity index (χ0v) is 13.4. The molecule has 0 radical (unpaired) electrons. The van der Waals surface area contributed by atoms with Gasteiger partial charge in [0.25, 0.3) is 5.91 Å². The number of hydrogen-bond acceptors (Lipinski definition) is 6. The quantitative estimate of drug-likeness (QED) is 0.847. The van der Waals surface area contributed by atoms with Crippen LogP contribution in [-0.2, 0) is 6.54 Å². The molecule has 1 unspecified atom stereocenters. The second kappa shape index (κ2) is 6.78. The molecule has 1 fully saturated rings. The van der Waals surface area contributed by atoms with E-state index in [1.54, 1.807) is 17.3 Å². The summed E-state index contributed by atoms with van der Waals surface area (Å²) in [5.41, 5.74) is 1.32. The molecule has 7 nitrogen and oxygen atoms in total. The lowest BCUT2D eigenvalue weighted by atomic mass is 10.2. The number of rotatable bonds is 4. The lowest BCUT2D eigenvalue weighted by molar-refractivity contribution is 0.0723. The average molecular weight is 312 g/mol. The molecule has 0 spiro atoms. The molecule has 23 heavy (non-hydrogen) atoms. The Balaban J connectivity index is 1.83. The highest BCUT2D eigenvalue weighted by molar-refractivity contribution is 5.92. The van der Waals surface area contributed by atoms with Gasteiger partial charge in [-0.25, -0.2) is 15.0 Å². The van der Waals surface area contributed by atoms with Crippen molar-refractivity contribution in [3.63, 3.8) is 0 Å². The van der Waals surface area contributed by atoms with Crippen LogP contribution in [0.25, 0.3) is 0 Å². The first-order valence-electron chi connectivity index (χ1n) is 7.68. The molecule has 2 aromatic heterocycles. The fourth-order valence-electron chi connectivity index (χ4n) is 2.82. The molecular weight excluding hydrogens is 292 g/mol. The molecule has 0 N–H and O–H groups in total. The Hall–Kier alpha value is -2.41. The van der Waals surface area contributed by atoms with Crippen molar-refractivity contribution >= 4 is 5.91 Å².